The van der Waals surface area contributed by atoms with Crippen LogP contribution < -0.4 is 5.56 Å². The number of nitrogens with one attached hydrogen (secondary N) is 1. The minimum atomic E-state index is -0.152. The summed E-state index contributed by atoms with van der Waals surface area (Å²) in [5, 5.41) is 13.2. The topological polar surface area (TPSA) is 84.7 Å². The highest BCUT2D eigenvalue weighted by Gasteiger charge is 2.19. The Bertz CT molecular complexity index is 1370. The number of H-pyrrole nitrogens is 1. The molecule has 0 aliphatic rings. The summed E-state index contributed by atoms with van der Waals surface area (Å²) in [4.78, 5) is 22.2. The fourth-order valence-electron chi connectivity index (χ4n) is 3.05. The zero-order valence-electron chi connectivity index (χ0n) is 16.1. The molecule has 1 atom stereocenters. The molecule has 1 aromatic carbocycles. The Labute approximate surface area is 184 Å². The van der Waals surface area contributed by atoms with E-state index in [-0.39, 0.29) is 10.8 Å². The van der Waals surface area contributed by atoms with Crippen LogP contribution >= 0.6 is 34.4 Å². The van der Waals surface area contributed by atoms with Crippen molar-refractivity contribution in [1.82, 2.24) is 20.2 Å². The lowest BCUT2D eigenvalue weighted by molar-refractivity contribution is 0.465. The lowest BCUT2D eigenvalue weighted by Crippen LogP contribution is -2.12. The maximum Gasteiger partial charge on any atom is 0.277 e. The lowest BCUT2D eigenvalue weighted by atomic mass is 10.1. The van der Waals surface area contributed by atoms with Crippen molar-refractivity contribution in [1.29, 1.82) is 0 Å². The number of aromatic nitrogens is 4. The second-order valence-corrected chi connectivity index (χ2v) is 9.86. The number of nitrogens with zero attached hydrogens (tertiary/aromatic N) is 3. The van der Waals surface area contributed by atoms with Gasteiger partial charge in [0, 0.05) is 21.4 Å². The highest BCUT2D eigenvalue weighted by atomic mass is 32.2. The van der Waals surface area contributed by atoms with E-state index in [1.165, 1.54) is 28.7 Å². The first kappa shape index (κ1) is 19.2. The van der Waals surface area contributed by atoms with Gasteiger partial charge >= 0.3 is 0 Å². The van der Waals surface area contributed by atoms with Gasteiger partial charge in [0.05, 0.1) is 10.6 Å². The molecule has 0 fully saturated rings. The van der Waals surface area contributed by atoms with E-state index in [0.717, 1.165) is 20.8 Å². The van der Waals surface area contributed by atoms with E-state index in [0.29, 0.717) is 22.3 Å². The fourth-order valence-corrected chi connectivity index (χ4v) is 5.56. The van der Waals surface area contributed by atoms with Gasteiger partial charge in [-0.25, -0.2) is 4.98 Å². The van der Waals surface area contributed by atoms with Crippen LogP contribution in [0, 0.1) is 6.92 Å². The van der Waals surface area contributed by atoms with E-state index in [2.05, 4.69) is 15.2 Å². The first-order valence-electron chi connectivity index (χ1n) is 9.21. The van der Waals surface area contributed by atoms with Gasteiger partial charge in [0.15, 0.2) is 0 Å². The summed E-state index contributed by atoms with van der Waals surface area (Å²) < 4.78 is 5.80. The fraction of sp³-hybridized carbons (Fsp3) is 0.143. The number of fused-ring (bicyclic) bond motifs is 1. The molecule has 6 nitrogen and oxygen atoms in total. The van der Waals surface area contributed by atoms with E-state index in [9.17, 15) is 4.79 Å². The zero-order valence-corrected chi connectivity index (χ0v) is 18.5. The maximum absolute atomic E-state index is 12.8. The van der Waals surface area contributed by atoms with Gasteiger partial charge in [-0.05, 0) is 37.4 Å². The first-order chi connectivity index (χ1) is 14.6. The first-order valence-corrected chi connectivity index (χ1v) is 11.8. The molecule has 0 amide bonds. The van der Waals surface area contributed by atoms with Gasteiger partial charge in [-0.2, -0.15) is 0 Å². The third kappa shape index (κ3) is 3.60. The lowest BCUT2D eigenvalue weighted by Gasteiger charge is -2.07. The van der Waals surface area contributed by atoms with Crippen molar-refractivity contribution >= 4 is 44.7 Å². The van der Waals surface area contributed by atoms with Gasteiger partial charge in [-0.3, -0.25) is 4.79 Å². The van der Waals surface area contributed by atoms with Crippen LogP contribution in [0.1, 0.15) is 23.6 Å². The predicted molar refractivity (Wildman–Crippen MR) is 122 cm³/mol. The number of thioether (sulfide) groups is 1. The Hall–Kier alpha value is -2.75. The van der Waals surface area contributed by atoms with Crippen LogP contribution in [0.15, 0.2) is 61.6 Å². The van der Waals surface area contributed by atoms with Crippen LogP contribution in [0.2, 0.25) is 0 Å². The van der Waals surface area contributed by atoms with Gasteiger partial charge in [-0.15, -0.1) is 32.9 Å². The molecule has 0 spiro atoms. The predicted octanol–water partition coefficient (Wildman–Crippen LogP) is 5.92. The molecule has 0 saturated carbocycles. The molecule has 150 valence electrons. The minimum absolute atomic E-state index is 0.127. The second-order valence-electron chi connectivity index (χ2n) is 6.76. The average molecular weight is 453 g/mol. The summed E-state index contributed by atoms with van der Waals surface area (Å²) in [5.74, 6) is 1.06. The largest absolute Gasteiger partial charge is 0.411 e. The van der Waals surface area contributed by atoms with E-state index in [1.54, 1.807) is 11.3 Å². The van der Waals surface area contributed by atoms with Crippen molar-refractivity contribution < 1.29 is 4.42 Å². The van der Waals surface area contributed by atoms with Crippen molar-refractivity contribution in [3.63, 3.8) is 0 Å². The number of aromatic amines is 1. The molecule has 9 heteroatoms. The number of hydrogen-bond acceptors (Lipinski definition) is 8. The SMILES string of the molecule is Cc1ccc(-c2nnc(SC(C)c3nc4scc(-c5cccs5)c4c(=O)[nH]3)o2)cc1. The van der Waals surface area contributed by atoms with Gasteiger partial charge < -0.3 is 9.40 Å². The molecule has 1 N–H and O–H groups in total. The van der Waals surface area contributed by atoms with Gasteiger partial charge in [0.2, 0.25) is 5.89 Å². The summed E-state index contributed by atoms with van der Waals surface area (Å²) in [6.07, 6.45) is 0. The Balaban J connectivity index is 1.41. The van der Waals surface area contributed by atoms with Crippen LogP contribution in [-0.4, -0.2) is 20.2 Å². The summed E-state index contributed by atoms with van der Waals surface area (Å²) >= 11 is 4.46. The monoisotopic (exact) mass is 452 g/mol. The molecule has 0 aliphatic carbocycles. The quantitative estimate of drug-likeness (QED) is 0.333. The maximum atomic E-state index is 12.8. The minimum Gasteiger partial charge on any atom is -0.411 e. The molecule has 30 heavy (non-hydrogen) atoms. The molecule has 4 aromatic heterocycles. The number of benzene rings is 1. The molecule has 0 saturated heterocycles. The van der Waals surface area contributed by atoms with Gasteiger partial charge in [0.1, 0.15) is 10.7 Å². The third-order valence-corrected chi connectivity index (χ3v) is 7.34. The van der Waals surface area contributed by atoms with Crippen LogP contribution in [-0.2, 0) is 0 Å². The molecule has 0 radical (unpaired) electrons. The Kier molecular flexibility index (Phi) is 5.01. The Morgan fingerprint density at radius 1 is 1.13 bits per heavy atom. The van der Waals surface area contributed by atoms with Crippen LogP contribution in [0.5, 0.6) is 0 Å². The third-order valence-electron chi connectivity index (χ3n) is 4.62. The molecule has 5 aromatic rings. The summed E-state index contributed by atoms with van der Waals surface area (Å²) in [5.41, 5.74) is 2.85. The number of thiophene rings is 2. The summed E-state index contributed by atoms with van der Waals surface area (Å²) in [6, 6.07) is 11.9. The Morgan fingerprint density at radius 3 is 2.73 bits per heavy atom. The van der Waals surface area contributed by atoms with Crippen molar-refractivity contribution in [2.45, 2.75) is 24.3 Å². The zero-order chi connectivity index (χ0) is 20.7. The van der Waals surface area contributed by atoms with Crippen molar-refractivity contribution in [3.05, 3.63) is 68.9 Å². The van der Waals surface area contributed by atoms with Crippen molar-refractivity contribution in [2.24, 2.45) is 0 Å². The molecule has 5 rings (SSSR count). The Morgan fingerprint density at radius 2 is 1.97 bits per heavy atom. The number of hydrogen-bond donors (Lipinski definition) is 1. The highest BCUT2D eigenvalue weighted by molar-refractivity contribution is 7.99. The van der Waals surface area contributed by atoms with Crippen LogP contribution in [0.4, 0.5) is 0 Å². The average Bonchev–Trinajstić information content (AvgIpc) is 3.49. The molecule has 0 aliphatic heterocycles. The highest BCUT2D eigenvalue weighted by Crippen LogP contribution is 2.36. The number of rotatable bonds is 5. The van der Waals surface area contributed by atoms with Crippen molar-refractivity contribution in [3.8, 4) is 21.9 Å². The van der Waals surface area contributed by atoms with Gasteiger partial charge in [-0.1, -0.05) is 35.5 Å². The summed E-state index contributed by atoms with van der Waals surface area (Å²) in [7, 11) is 0. The van der Waals surface area contributed by atoms with E-state index >= 15 is 0 Å². The van der Waals surface area contributed by atoms with E-state index in [4.69, 9.17) is 9.40 Å². The smallest absolute Gasteiger partial charge is 0.277 e. The molecular weight excluding hydrogens is 436 g/mol. The standard InChI is InChI=1S/C21H16N4O2S3/c1-11-5-7-13(8-6-11)19-24-25-21(27-19)30-12(2)17-22-18(26)16-14(10-29-20(16)23-17)15-4-3-9-28-15/h3-10,12H,1-2H3,(H,22,23,26). The van der Waals surface area contributed by atoms with E-state index < -0.39 is 0 Å². The van der Waals surface area contributed by atoms with Crippen molar-refractivity contribution in [2.75, 3.05) is 0 Å². The molecule has 1 unspecified atom stereocenters. The molecule has 4 heterocycles. The van der Waals surface area contributed by atoms with E-state index in [1.807, 2.05) is 61.0 Å². The van der Waals surface area contributed by atoms with Crippen LogP contribution in [0.25, 0.3) is 32.1 Å². The molecule has 0 bridgehead atoms. The normalized spacial score (nSPS) is 12.5. The number of aryl methyl sites for hydroxylation is 1. The van der Waals surface area contributed by atoms with Crippen LogP contribution in [0.3, 0.4) is 0 Å². The molecular formula is C21H16N4O2S3. The summed E-state index contributed by atoms with van der Waals surface area (Å²) in [6.45, 7) is 3.99. The second kappa shape index (κ2) is 7.82. The van der Waals surface area contributed by atoms with Gasteiger partial charge in [0.25, 0.3) is 10.8 Å².